The van der Waals surface area contributed by atoms with Gasteiger partial charge in [0.15, 0.2) is 0 Å². The second-order valence-electron chi connectivity index (χ2n) is 32.7. The molecule has 3 aromatic heterocycles. The molecule has 0 fully saturated rings. The summed E-state index contributed by atoms with van der Waals surface area (Å²) in [5.74, 6) is 6.92. The minimum Gasteiger partial charge on any atom is -0.467 e. The Balaban J connectivity index is 0.000000113. The van der Waals surface area contributed by atoms with Gasteiger partial charge in [-0.05, 0) is 93.6 Å². The fraction of sp³-hybridized carbons (Fsp3) is 0.152. The van der Waals surface area contributed by atoms with Crippen molar-refractivity contribution in [2.75, 3.05) is 76.2 Å². The number of anilines is 9. The van der Waals surface area contributed by atoms with Gasteiger partial charge in [-0.1, -0.05) is 241 Å². The van der Waals surface area contributed by atoms with Crippen molar-refractivity contribution in [3.05, 3.63) is 385 Å². The van der Waals surface area contributed by atoms with Crippen LogP contribution >= 0.6 is 0 Å². The molecule has 5 radical (unpaired) electrons. The molecule has 18 heteroatoms. The summed E-state index contributed by atoms with van der Waals surface area (Å²) in [5, 5.41) is 7.37. The number of benzene rings is 13. The number of hydrogen-bond donors (Lipinski definition) is 0. The number of furan rings is 2. The van der Waals surface area contributed by atoms with E-state index in [-0.39, 0.29) is 170 Å². The van der Waals surface area contributed by atoms with E-state index in [1.54, 1.807) is 0 Å². The van der Waals surface area contributed by atoms with Crippen LogP contribution in [0.4, 0.5) is 51.2 Å². The molecule has 0 bridgehead atoms. The van der Waals surface area contributed by atoms with Gasteiger partial charge in [-0.2, -0.15) is 58.0 Å². The van der Waals surface area contributed by atoms with Crippen LogP contribution in [0.2, 0.25) is 0 Å². The van der Waals surface area contributed by atoms with E-state index in [1.807, 2.05) is 18.2 Å². The standard InChI is InChI=1S/C24H20N3.C22H17N2O.C22H19N2.C19H21N2.C18H15N2O.5Y/c1-16-19-14-23-20(15-22(19)26-13-12-25(2)24(16)26)18-10-6-7-11-21(18)27(23)17-8-4-3-5-9-17;1-13-14-11-12-16-15-7-3-6-10-19(15)25-21(16)20(14)24-18-9-5-4-8-17(18)23(2)22(13)24;1-15-18-13-12-17(16-8-4-3-5-9-16)14-21(18)24-20-11-7-6-10-19(20)23(2)22(15)24;1-15(2)17-11-7-8-12-18(17)21-13-19(20(3)14-21)16-9-5-4-6-10-16;1-11-12-7-8-14-13-5-3-4-6-15(13)21-17(14)16(12)20-10-9-19(2)18(11)20;;;;;/h3-15,24H,1-2H3;3-12,22H,1-2H3;3-14,22H,1-2H3;4-13H,14H2,1-3H3;3-10,18H,1-2H3;;;;;/q5*-1;;;;;. The van der Waals surface area contributed by atoms with E-state index in [2.05, 4.69) is 434 Å². The number of aromatic nitrogens is 1. The van der Waals surface area contributed by atoms with E-state index in [0.29, 0.717) is 18.5 Å². The van der Waals surface area contributed by atoms with Gasteiger partial charge in [0.25, 0.3) is 0 Å². The fourth-order valence-corrected chi connectivity index (χ4v) is 20.1. The van der Waals surface area contributed by atoms with Gasteiger partial charge < -0.3 is 62.4 Å². The third-order valence-electron chi connectivity index (χ3n) is 25.6. The molecule has 599 valence electrons. The second-order valence-corrected chi connectivity index (χ2v) is 32.7. The summed E-state index contributed by atoms with van der Waals surface area (Å²) in [4.78, 5) is 23.5. The molecule has 0 saturated heterocycles. The zero-order chi connectivity index (χ0) is 80.0. The van der Waals surface area contributed by atoms with E-state index >= 15 is 0 Å². The monoisotopic (exact) mass is 1980 g/mol. The predicted molar refractivity (Wildman–Crippen MR) is 490 cm³/mol. The van der Waals surface area contributed by atoms with Gasteiger partial charge in [0.05, 0.1) is 65.3 Å². The molecule has 13 nitrogen and oxygen atoms in total. The zero-order valence-electron chi connectivity index (χ0n) is 71.2. The Morgan fingerprint density at radius 1 is 0.333 bits per heavy atom. The van der Waals surface area contributed by atoms with E-state index in [4.69, 9.17) is 8.83 Å². The van der Waals surface area contributed by atoms with Gasteiger partial charge in [0, 0.05) is 262 Å². The molecule has 4 unspecified atom stereocenters. The number of para-hydroxylation sites is 9. The van der Waals surface area contributed by atoms with E-state index in [1.165, 1.54) is 180 Å². The van der Waals surface area contributed by atoms with Gasteiger partial charge in [-0.25, -0.2) is 0 Å². The Kier molecular flexibility index (Phi) is 25.4. The first-order chi connectivity index (χ1) is 57.7. The number of fused-ring (bicyclic) bond motifs is 27. The van der Waals surface area contributed by atoms with Crippen LogP contribution in [-0.2, 0) is 164 Å². The third-order valence-corrected chi connectivity index (χ3v) is 25.6. The van der Waals surface area contributed by atoms with Crippen LogP contribution < -0.4 is 34.3 Å². The molecule has 4 atom stereocenters. The zero-order valence-corrected chi connectivity index (χ0v) is 85.4. The molecule has 0 amide bonds. The van der Waals surface area contributed by atoms with Crippen molar-refractivity contribution < 1.29 is 172 Å². The average Bonchev–Trinajstić information content (AvgIpc) is 1.55. The Morgan fingerprint density at radius 3 is 1.41 bits per heavy atom. The van der Waals surface area contributed by atoms with Crippen molar-refractivity contribution in [3.63, 3.8) is 0 Å². The largest absolute Gasteiger partial charge is 0.467 e. The van der Waals surface area contributed by atoms with Gasteiger partial charge in [0.2, 0.25) is 0 Å². The summed E-state index contributed by atoms with van der Waals surface area (Å²) in [6.07, 6.45) is 12.0. The Morgan fingerprint density at radius 2 is 0.797 bits per heavy atom. The molecular formula is C105H92N11O2Y5-5. The normalized spacial score (nSPS) is 17.0. The summed E-state index contributed by atoms with van der Waals surface area (Å²) >= 11 is 0. The van der Waals surface area contributed by atoms with Crippen LogP contribution in [0.15, 0.2) is 331 Å². The van der Waals surface area contributed by atoms with E-state index in [0.717, 1.165) is 29.0 Å². The van der Waals surface area contributed by atoms with Crippen molar-refractivity contribution in [2.45, 2.75) is 66.2 Å². The maximum absolute atomic E-state index is 6.33. The minimum atomic E-state index is 0. The molecule has 9 aliphatic rings. The summed E-state index contributed by atoms with van der Waals surface area (Å²) in [7, 11) is 10.8. The van der Waals surface area contributed by atoms with E-state index < -0.39 is 0 Å². The van der Waals surface area contributed by atoms with Crippen LogP contribution in [-0.4, -0.2) is 85.8 Å². The van der Waals surface area contributed by atoms with Crippen LogP contribution in [0.1, 0.15) is 74.9 Å². The molecule has 0 saturated carbocycles. The molecule has 0 aliphatic carbocycles. The van der Waals surface area contributed by atoms with Crippen LogP contribution in [0, 0.1) is 29.6 Å². The number of hydrogen-bond acceptors (Lipinski definition) is 12. The third kappa shape index (κ3) is 14.6. The van der Waals surface area contributed by atoms with Gasteiger partial charge in [-0.15, -0.1) is 54.0 Å². The average molecular weight is 1980 g/mol. The quantitative estimate of drug-likeness (QED) is 0.154. The Hall–Kier alpha value is -8.65. The summed E-state index contributed by atoms with van der Waals surface area (Å²) in [6.45, 7) is 14.2. The van der Waals surface area contributed by atoms with Crippen molar-refractivity contribution in [3.8, 4) is 16.8 Å². The van der Waals surface area contributed by atoms with Gasteiger partial charge in [0.1, 0.15) is 22.3 Å². The van der Waals surface area contributed by atoms with Crippen LogP contribution in [0.5, 0.6) is 0 Å². The number of rotatable bonds is 5. The van der Waals surface area contributed by atoms with Gasteiger partial charge in [-0.3, -0.25) is 0 Å². The van der Waals surface area contributed by atoms with Gasteiger partial charge >= 0.3 is 0 Å². The Labute approximate surface area is 847 Å². The first-order valence-corrected chi connectivity index (χ1v) is 41.0. The molecule has 123 heavy (non-hydrogen) atoms. The summed E-state index contributed by atoms with van der Waals surface area (Å²) in [5.41, 5.74) is 30.7. The molecule has 16 aromatic rings. The first-order valence-electron chi connectivity index (χ1n) is 41.0. The minimum absolute atomic E-state index is 0. The molecule has 12 heterocycles. The maximum Gasteiger partial charge on any atom is 0.133 e. The van der Waals surface area contributed by atoms with E-state index in [9.17, 15) is 0 Å². The number of likely N-dealkylation sites (N-methyl/N-ethyl adjacent to an activating group) is 4. The predicted octanol–water partition coefficient (Wildman–Crippen LogP) is 24.4. The molecule has 25 rings (SSSR count). The molecule has 9 aliphatic heterocycles. The van der Waals surface area contributed by atoms with Crippen molar-refractivity contribution in [1.82, 2.24) is 19.3 Å². The van der Waals surface area contributed by atoms with Crippen LogP contribution in [0.25, 0.3) is 88.2 Å². The topological polar surface area (TPSA) is 63.6 Å². The first kappa shape index (κ1) is 87.8. The smallest absolute Gasteiger partial charge is 0.133 e. The summed E-state index contributed by atoms with van der Waals surface area (Å²) < 4.78 is 14.9. The summed E-state index contributed by atoms with van der Waals surface area (Å²) in [6, 6.07) is 103. The molecule has 0 N–H and O–H groups in total. The molecule has 13 aromatic carbocycles. The fourth-order valence-electron chi connectivity index (χ4n) is 20.1. The molecular weight excluding hydrogens is 1890 g/mol. The van der Waals surface area contributed by atoms with Crippen LogP contribution in [0.3, 0.4) is 0 Å². The Bertz CT molecular complexity index is 6730. The van der Waals surface area contributed by atoms with Crippen molar-refractivity contribution >= 4 is 123 Å². The maximum atomic E-state index is 6.33. The molecule has 0 spiro atoms. The SMILES string of the molecule is C[C-](C)c1ccccc1N1C=C(c2ccccc2)N(C)C1.C[C-]1c2cc3c(cc2N2C=CN(C)C12)c1ccccc1n3-c1ccccc1.C[C-]1c2ccc(-c3ccccc3)cc2N2c3ccccc3N(C)C12.C[C-]1c2ccc3c(oc4ccccc43)c2N2C=CN(C)C12.C[C-]1c2ccc3c(oc4ccccc43)c2N2c3ccccc3N(C)C12.[Y].[Y].[Y].[Y].[Y]. The van der Waals surface area contributed by atoms with Crippen molar-refractivity contribution in [1.29, 1.82) is 0 Å². The van der Waals surface area contributed by atoms with Crippen molar-refractivity contribution in [2.24, 2.45) is 0 Å². The number of nitrogens with zero attached hydrogens (tertiary/aromatic N) is 11. The second kappa shape index (κ2) is 35.6.